The Labute approximate surface area is 247 Å². The average Bonchev–Trinajstić information content (AvgIpc) is 3.49. The number of aliphatic imine (C=N–C) groups is 1. The van der Waals surface area contributed by atoms with Crippen molar-refractivity contribution in [2.75, 3.05) is 10.2 Å². The van der Waals surface area contributed by atoms with E-state index in [-0.39, 0.29) is 11.8 Å². The molecule has 1 aromatic heterocycles. The lowest BCUT2D eigenvalue weighted by molar-refractivity contribution is -0.120. The molecule has 1 saturated carbocycles. The van der Waals surface area contributed by atoms with Crippen LogP contribution in [0.15, 0.2) is 58.5 Å². The number of alkyl halides is 2. The predicted octanol–water partition coefficient (Wildman–Crippen LogP) is 5.77. The highest BCUT2D eigenvalue weighted by atomic mass is 32.2. The van der Waals surface area contributed by atoms with Crippen molar-refractivity contribution in [1.82, 2.24) is 4.98 Å². The molecule has 2 aliphatic heterocycles. The summed E-state index contributed by atoms with van der Waals surface area (Å²) in [5.41, 5.74) is 3.83. The van der Waals surface area contributed by atoms with E-state index in [0.29, 0.717) is 35.9 Å². The number of sulfone groups is 1. The molecule has 3 heterocycles. The van der Waals surface area contributed by atoms with Crippen LogP contribution < -0.4 is 10.2 Å². The largest absolute Gasteiger partial charge is 0.443 e. The molecule has 1 N–H and O–H groups in total. The van der Waals surface area contributed by atoms with E-state index in [9.17, 15) is 26.8 Å². The number of fused-ring (bicyclic) bond motifs is 3. The molecule has 9 nitrogen and oxygen atoms in total. The first-order valence-electron chi connectivity index (χ1n) is 13.8. The Balaban J connectivity index is 1.25. The Kier molecular flexibility index (Phi) is 6.50. The zero-order valence-electron chi connectivity index (χ0n) is 24.2. The Morgan fingerprint density at radius 2 is 1.88 bits per heavy atom. The van der Waals surface area contributed by atoms with Crippen molar-refractivity contribution in [2.45, 2.75) is 75.2 Å². The molecular formula is C31H30F2N4O5S. The number of nitrogens with one attached hydrogen (secondary N) is 1. The lowest BCUT2D eigenvalue weighted by atomic mass is 9.90. The molecule has 2 atom stereocenters. The highest BCUT2D eigenvalue weighted by molar-refractivity contribution is 7.91. The van der Waals surface area contributed by atoms with Crippen LogP contribution in [0.5, 0.6) is 0 Å². The van der Waals surface area contributed by atoms with Gasteiger partial charge in [0, 0.05) is 17.7 Å². The first-order chi connectivity index (χ1) is 20.1. The second kappa shape index (κ2) is 9.66. The number of nitrogens with zero attached hydrogens (tertiary/aromatic N) is 3. The van der Waals surface area contributed by atoms with E-state index in [1.54, 1.807) is 33.8 Å². The molecular weight excluding hydrogens is 578 g/mol. The van der Waals surface area contributed by atoms with E-state index in [1.165, 1.54) is 4.90 Å². The fourth-order valence-electron chi connectivity index (χ4n) is 5.91. The van der Waals surface area contributed by atoms with Gasteiger partial charge in [-0.3, -0.25) is 9.79 Å². The zero-order valence-corrected chi connectivity index (χ0v) is 25.1. The number of benzene rings is 2. The molecule has 0 bridgehead atoms. The van der Waals surface area contributed by atoms with Gasteiger partial charge in [-0.1, -0.05) is 35.9 Å². The van der Waals surface area contributed by atoms with Crippen molar-refractivity contribution in [3.63, 3.8) is 0 Å². The second-order valence-corrected chi connectivity index (χ2v) is 14.1. The number of rotatable bonds is 4. The molecule has 1 fully saturated rings. The van der Waals surface area contributed by atoms with Gasteiger partial charge in [0.05, 0.1) is 22.5 Å². The van der Waals surface area contributed by atoms with E-state index >= 15 is 0 Å². The number of imide groups is 1. The minimum atomic E-state index is -4.76. The summed E-state index contributed by atoms with van der Waals surface area (Å²) in [7, 11) is -4.76. The molecule has 0 radical (unpaired) electrons. The Morgan fingerprint density at radius 3 is 2.56 bits per heavy atom. The number of halogens is 2. The Bertz CT molecular complexity index is 1850. The summed E-state index contributed by atoms with van der Waals surface area (Å²) in [6.45, 7) is 9.18. The van der Waals surface area contributed by atoms with E-state index in [1.807, 2.05) is 37.3 Å². The molecule has 12 heteroatoms. The number of hydrogen-bond donors (Lipinski definition) is 1. The summed E-state index contributed by atoms with van der Waals surface area (Å²) in [5, 5.41) is 3.09. The van der Waals surface area contributed by atoms with E-state index in [2.05, 4.69) is 15.3 Å². The highest BCUT2D eigenvalue weighted by Gasteiger charge is 2.68. The molecule has 224 valence electrons. The molecule has 2 aromatic carbocycles. The standard InChI is InChI=1S/C31H30F2N4O5S/c1-16-6-9-24-22(10-16)31(27(38)37(24)29(39)42-30(3,4)5)13-23(31)18-7-8-21-19(12-18)14-34-26(21)36-25-17(2)11-20(15-35-25)43(40,41)28(32)33/h6-12,15,23,28H,13-14H2,1-5H3,(H,34,35,36)/t23-,31-/m0/s1. The SMILES string of the molecule is Cc1ccc2c(c1)[C@]1(C[C@H]1c1ccc3c(c1)CN=C3Nc1ncc(S(=O)(=O)C(F)F)cc1C)C(=O)N2C(=O)OC(C)(C)C. The van der Waals surface area contributed by atoms with Crippen molar-refractivity contribution in [3.8, 4) is 0 Å². The maximum absolute atomic E-state index is 13.9. The minimum Gasteiger partial charge on any atom is -0.443 e. The van der Waals surface area contributed by atoms with Crippen molar-refractivity contribution in [3.05, 3.63) is 82.0 Å². The van der Waals surface area contributed by atoms with Crippen LogP contribution in [0.25, 0.3) is 0 Å². The third-order valence-electron chi connectivity index (χ3n) is 8.04. The summed E-state index contributed by atoms with van der Waals surface area (Å²) >= 11 is 0. The number of anilines is 2. The zero-order chi connectivity index (χ0) is 31.1. The van der Waals surface area contributed by atoms with Crippen LogP contribution in [0.2, 0.25) is 0 Å². The summed E-state index contributed by atoms with van der Waals surface area (Å²) in [5.74, 6) is -3.14. The maximum Gasteiger partial charge on any atom is 0.421 e. The molecule has 0 saturated heterocycles. The molecule has 6 rings (SSSR count). The van der Waals surface area contributed by atoms with Gasteiger partial charge in [0.2, 0.25) is 15.7 Å². The number of carbonyl (C=O) groups excluding carboxylic acids is 2. The molecule has 43 heavy (non-hydrogen) atoms. The van der Waals surface area contributed by atoms with Crippen LogP contribution in [0, 0.1) is 13.8 Å². The summed E-state index contributed by atoms with van der Waals surface area (Å²) in [4.78, 5) is 36.3. The van der Waals surface area contributed by atoms with Crippen LogP contribution in [-0.2, 0) is 31.3 Å². The van der Waals surface area contributed by atoms with Gasteiger partial charge in [0.15, 0.2) is 0 Å². The van der Waals surface area contributed by atoms with Crippen molar-refractivity contribution in [1.29, 1.82) is 0 Å². The predicted molar refractivity (Wildman–Crippen MR) is 156 cm³/mol. The normalized spacial score (nSPS) is 20.7. The van der Waals surface area contributed by atoms with Crippen LogP contribution in [0.3, 0.4) is 0 Å². The number of aryl methyl sites for hydroxylation is 2. The van der Waals surface area contributed by atoms with Crippen LogP contribution in [0.4, 0.5) is 25.1 Å². The lowest BCUT2D eigenvalue weighted by Crippen LogP contribution is -2.41. The van der Waals surface area contributed by atoms with Gasteiger partial charge in [-0.25, -0.2) is 23.1 Å². The van der Waals surface area contributed by atoms with Crippen LogP contribution in [0.1, 0.15) is 66.5 Å². The summed E-state index contributed by atoms with van der Waals surface area (Å²) < 4.78 is 55.1. The number of amides is 2. The highest BCUT2D eigenvalue weighted by Crippen LogP contribution is 2.66. The van der Waals surface area contributed by atoms with Gasteiger partial charge < -0.3 is 10.1 Å². The molecule has 2 amide bonds. The minimum absolute atomic E-state index is 0.136. The number of pyridine rings is 1. The van der Waals surface area contributed by atoms with Gasteiger partial charge in [-0.2, -0.15) is 8.78 Å². The second-order valence-electron chi connectivity index (χ2n) is 12.2. The van der Waals surface area contributed by atoms with E-state index < -0.39 is 37.6 Å². The third kappa shape index (κ3) is 4.68. The quantitative estimate of drug-likeness (QED) is 0.399. The van der Waals surface area contributed by atoms with Gasteiger partial charge in [-0.05, 0) is 75.4 Å². The first-order valence-corrected chi connectivity index (χ1v) is 15.3. The van der Waals surface area contributed by atoms with E-state index in [0.717, 1.165) is 40.1 Å². The van der Waals surface area contributed by atoms with Gasteiger partial charge in [0.25, 0.3) is 0 Å². The van der Waals surface area contributed by atoms with Crippen molar-refractivity contribution >= 4 is 39.2 Å². The number of carbonyl (C=O) groups is 2. The average molecular weight is 609 g/mol. The van der Waals surface area contributed by atoms with Gasteiger partial charge >= 0.3 is 11.9 Å². The Morgan fingerprint density at radius 1 is 1.14 bits per heavy atom. The number of hydrogen-bond acceptors (Lipinski definition) is 8. The number of aromatic nitrogens is 1. The van der Waals surface area contributed by atoms with Gasteiger partial charge in [-0.15, -0.1) is 0 Å². The fraction of sp³-hybridized carbons (Fsp3) is 0.355. The molecule has 3 aliphatic rings. The van der Waals surface area contributed by atoms with E-state index in [4.69, 9.17) is 4.74 Å². The molecule has 3 aromatic rings. The number of amidine groups is 1. The maximum atomic E-state index is 13.9. The summed E-state index contributed by atoms with van der Waals surface area (Å²) in [6.07, 6.45) is 0.775. The molecule has 0 unspecified atom stereocenters. The van der Waals surface area contributed by atoms with Crippen LogP contribution in [-0.4, -0.2) is 42.6 Å². The van der Waals surface area contributed by atoms with Crippen LogP contribution >= 0.6 is 0 Å². The lowest BCUT2D eigenvalue weighted by Gasteiger charge is -2.24. The molecule has 1 spiro atoms. The number of ether oxygens (including phenoxy) is 1. The van der Waals surface area contributed by atoms with Crippen molar-refractivity contribution < 1.29 is 31.5 Å². The first kappa shape index (κ1) is 28.9. The van der Waals surface area contributed by atoms with Gasteiger partial charge in [0.1, 0.15) is 17.3 Å². The topological polar surface area (TPSA) is 118 Å². The molecule has 1 aliphatic carbocycles. The summed E-state index contributed by atoms with van der Waals surface area (Å²) in [6, 6.07) is 12.7. The smallest absolute Gasteiger partial charge is 0.421 e. The Hall–Kier alpha value is -4.19. The third-order valence-corrected chi connectivity index (χ3v) is 9.39. The fourth-order valence-corrected chi connectivity index (χ4v) is 6.66. The monoisotopic (exact) mass is 608 g/mol. The van der Waals surface area contributed by atoms with Crippen molar-refractivity contribution in [2.24, 2.45) is 4.99 Å².